The lowest BCUT2D eigenvalue weighted by Crippen LogP contribution is -2.44. The summed E-state index contributed by atoms with van der Waals surface area (Å²) in [5, 5.41) is 14.9. The maximum absolute atomic E-state index is 12.1. The number of carbonyl (C=O) groups excluding carboxylic acids is 1. The lowest BCUT2D eigenvalue weighted by atomic mass is 10.1. The maximum Gasteiger partial charge on any atom is 0.253 e. The smallest absolute Gasteiger partial charge is 0.253 e. The quantitative estimate of drug-likeness (QED) is 0.331. The predicted octanol–water partition coefficient (Wildman–Crippen LogP) is 2.75. The van der Waals surface area contributed by atoms with Gasteiger partial charge in [0.2, 0.25) is 0 Å². The summed E-state index contributed by atoms with van der Waals surface area (Å²) in [4.78, 5) is 12.1. The van der Waals surface area contributed by atoms with Gasteiger partial charge < -0.3 is 16.3 Å². The first-order valence-corrected chi connectivity index (χ1v) is 6.90. The van der Waals surface area contributed by atoms with Crippen LogP contribution < -0.4 is 11.1 Å². The second kappa shape index (κ2) is 7.35. The van der Waals surface area contributed by atoms with Gasteiger partial charge >= 0.3 is 0 Å². The first-order valence-electron chi connectivity index (χ1n) is 5.73. The molecular weight excluding hydrogens is 334 g/mol. The number of nitrogens with zero attached hydrogens (tertiary/aromatic N) is 1. The number of benzene rings is 1. The third-order valence-corrected chi connectivity index (χ3v) is 3.42. The zero-order valence-corrected chi connectivity index (χ0v) is 12.7. The van der Waals surface area contributed by atoms with E-state index in [-0.39, 0.29) is 11.7 Å². The monoisotopic (exact) mass is 347 g/mol. The van der Waals surface area contributed by atoms with Crippen LogP contribution in [0, 0.1) is 0 Å². The molecule has 1 unspecified atom stereocenters. The van der Waals surface area contributed by atoms with E-state index in [1.165, 1.54) is 0 Å². The van der Waals surface area contributed by atoms with Crippen LogP contribution >= 0.6 is 27.5 Å². The van der Waals surface area contributed by atoms with Crippen LogP contribution in [0.2, 0.25) is 5.02 Å². The normalized spacial score (nSPS) is 13.1. The summed E-state index contributed by atoms with van der Waals surface area (Å²) in [6.07, 6.45) is 1.38. The first-order chi connectivity index (χ1) is 8.99. The molecule has 0 radical (unpaired) electrons. The molecule has 1 amide bonds. The molecule has 5 nitrogen and oxygen atoms in total. The van der Waals surface area contributed by atoms with Crippen LogP contribution in [-0.2, 0) is 0 Å². The van der Waals surface area contributed by atoms with E-state index in [0.717, 1.165) is 6.42 Å². The molecule has 0 fully saturated rings. The Morgan fingerprint density at radius 1 is 1.63 bits per heavy atom. The third kappa shape index (κ3) is 4.40. The van der Waals surface area contributed by atoms with Gasteiger partial charge in [-0.05, 0) is 40.5 Å². The van der Waals surface area contributed by atoms with Gasteiger partial charge in [-0.2, -0.15) is 0 Å². The molecule has 1 atom stereocenters. The van der Waals surface area contributed by atoms with Crippen LogP contribution in [0.1, 0.15) is 30.1 Å². The zero-order valence-electron chi connectivity index (χ0n) is 10.4. The van der Waals surface area contributed by atoms with Crippen LogP contribution in [0.5, 0.6) is 0 Å². The molecule has 0 saturated heterocycles. The van der Waals surface area contributed by atoms with Gasteiger partial charge in [0.15, 0.2) is 5.84 Å². The number of carbonyl (C=O) groups is 1. The fraction of sp³-hybridized carbons (Fsp3) is 0.333. The molecule has 104 valence electrons. The molecule has 0 aliphatic carbocycles. The highest BCUT2D eigenvalue weighted by Crippen LogP contribution is 2.21. The fourth-order valence-electron chi connectivity index (χ4n) is 1.56. The molecule has 0 aromatic heterocycles. The van der Waals surface area contributed by atoms with Gasteiger partial charge in [-0.3, -0.25) is 4.79 Å². The van der Waals surface area contributed by atoms with Crippen LogP contribution in [-0.4, -0.2) is 23.0 Å². The Kier molecular flexibility index (Phi) is 6.11. The average Bonchev–Trinajstić information content (AvgIpc) is 2.37. The van der Waals surface area contributed by atoms with E-state index in [2.05, 4.69) is 26.4 Å². The van der Waals surface area contributed by atoms with Gasteiger partial charge in [0.05, 0.1) is 11.6 Å². The molecule has 1 aromatic rings. The number of amides is 1. The Labute approximate surface area is 124 Å². The van der Waals surface area contributed by atoms with Gasteiger partial charge in [0.1, 0.15) is 0 Å². The minimum absolute atomic E-state index is 0.0136. The van der Waals surface area contributed by atoms with Gasteiger partial charge in [0, 0.05) is 9.50 Å². The Morgan fingerprint density at radius 2 is 2.32 bits per heavy atom. The van der Waals surface area contributed by atoms with Crippen molar-refractivity contribution in [2.24, 2.45) is 10.9 Å². The van der Waals surface area contributed by atoms with E-state index >= 15 is 0 Å². The van der Waals surface area contributed by atoms with Gasteiger partial charge in [-0.1, -0.05) is 30.1 Å². The number of halogens is 2. The number of oxime groups is 1. The van der Waals surface area contributed by atoms with Crippen molar-refractivity contribution in [3.63, 3.8) is 0 Å². The molecule has 7 heteroatoms. The molecule has 0 heterocycles. The molecule has 0 bridgehead atoms. The number of nitrogens with two attached hydrogens (primary N) is 1. The van der Waals surface area contributed by atoms with Crippen molar-refractivity contribution < 1.29 is 10.0 Å². The van der Waals surface area contributed by atoms with E-state index in [1.807, 2.05) is 6.92 Å². The largest absolute Gasteiger partial charge is 0.409 e. The summed E-state index contributed by atoms with van der Waals surface area (Å²) in [5.41, 5.74) is 5.99. The molecule has 1 aromatic carbocycles. The van der Waals surface area contributed by atoms with Crippen molar-refractivity contribution in [2.45, 2.75) is 25.8 Å². The fourth-order valence-corrected chi connectivity index (χ4v) is 2.42. The Hall–Kier alpha value is -1.27. The van der Waals surface area contributed by atoms with Crippen LogP contribution in [0.15, 0.2) is 27.8 Å². The van der Waals surface area contributed by atoms with E-state index in [9.17, 15) is 4.79 Å². The summed E-state index contributed by atoms with van der Waals surface area (Å²) in [5.74, 6) is -0.325. The van der Waals surface area contributed by atoms with Gasteiger partial charge in [-0.25, -0.2) is 0 Å². The Balaban J connectivity index is 2.87. The molecule has 4 N–H and O–H groups in total. The SMILES string of the molecule is CCCC(NC(=O)c1ccc(Cl)cc1Br)/C(N)=N/O. The standard InChI is InChI=1S/C12H15BrClN3O2/c1-2-3-10(11(15)17-19)16-12(18)8-5-4-7(14)6-9(8)13/h4-6,10,19H,2-3H2,1H3,(H2,15,17)(H,16,18). The van der Waals surface area contributed by atoms with Crippen LogP contribution in [0.4, 0.5) is 0 Å². The predicted molar refractivity (Wildman–Crippen MR) is 78.7 cm³/mol. The lowest BCUT2D eigenvalue weighted by molar-refractivity contribution is 0.0944. The second-order valence-electron chi connectivity index (χ2n) is 3.96. The number of rotatable bonds is 5. The Morgan fingerprint density at radius 3 is 2.84 bits per heavy atom. The van der Waals surface area contributed by atoms with Crippen LogP contribution in [0.3, 0.4) is 0 Å². The van der Waals surface area contributed by atoms with Crippen molar-refractivity contribution in [3.05, 3.63) is 33.3 Å². The van der Waals surface area contributed by atoms with Crippen molar-refractivity contribution in [2.75, 3.05) is 0 Å². The second-order valence-corrected chi connectivity index (χ2v) is 5.25. The van der Waals surface area contributed by atoms with E-state index in [0.29, 0.717) is 21.5 Å². The number of nitrogens with one attached hydrogen (secondary N) is 1. The van der Waals surface area contributed by atoms with Crippen molar-refractivity contribution in [3.8, 4) is 0 Å². The van der Waals surface area contributed by atoms with Crippen LogP contribution in [0.25, 0.3) is 0 Å². The highest BCUT2D eigenvalue weighted by Gasteiger charge is 2.18. The highest BCUT2D eigenvalue weighted by molar-refractivity contribution is 9.10. The molecule has 1 rings (SSSR count). The first kappa shape index (κ1) is 15.8. The third-order valence-electron chi connectivity index (χ3n) is 2.53. The van der Waals surface area contributed by atoms with E-state index in [1.54, 1.807) is 18.2 Å². The Bertz CT molecular complexity index is 494. The number of amidine groups is 1. The highest BCUT2D eigenvalue weighted by atomic mass is 79.9. The van der Waals surface area contributed by atoms with E-state index < -0.39 is 6.04 Å². The molecule has 0 aliphatic heterocycles. The average molecular weight is 349 g/mol. The van der Waals surface area contributed by atoms with Crippen molar-refractivity contribution in [1.82, 2.24) is 5.32 Å². The van der Waals surface area contributed by atoms with Crippen molar-refractivity contribution in [1.29, 1.82) is 0 Å². The summed E-state index contributed by atoms with van der Waals surface area (Å²) in [7, 11) is 0. The van der Waals surface area contributed by atoms with Gasteiger partial charge in [-0.15, -0.1) is 0 Å². The molecule has 0 aliphatic rings. The number of hydrogen-bond acceptors (Lipinski definition) is 3. The summed E-state index contributed by atoms with van der Waals surface area (Å²) >= 11 is 9.09. The molecule has 19 heavy (non-hydrogen) atoms. The van der Waals surface area contributed by atoms with Crippen molar-refractivity contribution >= 4 is 39.3 Å². The van der Waals surface area contributed by atoms with Gasteiger partial charge in [0.25, 0.3) is 5.91 Å². The summed E-state index contributed by atoms with van der Waals surface area (Å²) in [6, 6.07) is 4.37. The minimum atomic E-state index is -0.495. The zero-order chi connectivity index (χ0) is 14.4. The van der Waals surface area contributed by atoms with E-state index in [4.69, 9.17) is 22.5 Å². The number of hydrogen-bond donors (Lipinski definition) is 3. The summed E-state index contributed by atoms with van der Waals surface area (Å²) < 4.78 is 0.590. The molecular formula is C12H15BrClN3O2. The summed E-state index contributed by atoms with van der Waals surface area (Å²) in [6.45, 7) is 1.95. The molecule has 0 spiro atoms. The minimum Gasteiger partial charge on any atom is -0.409 e. The maximum atomic E-state index is 12.1. The molecule has 0 saturated carbocycles. The topological polar surface area (TPSA) is 87.7 Å². The lowest BCUT2D eigenvalue weighted by Gasteiger charge is -2.17.